The molecule has 8 nitrogen and oxygen atoms in total. The number of furan rings is 1. The molecule has 1 aliphatic heterocycles. The van der Waals surface area contributed by atoms with Gasteiger partial charge in [0.2, 0.25) is 5.91 Å². The molecule has 1 saturated heterocycles. The number of carbonyl (C=O) groups is 3. The van der Waals surface area contributed by atoms with Crippen LogP contribution in [0.25, 0.3) is 11.0 Å². The lowest BCUT2D eigenvalue weighted by Gasteiger charge is -2.39. The van der Waals surface area contributed by atoms with Crippen molar-refractivity contribution < 1.29 is 23.0 Å². The molecule has 0 spiro atoms. The van der Waals surface area contributed by atoms with Gasteiger partial charge in [0.05, 0.1) is 34.0 Å². The number of nitrogens with one attached hydrogen (secondary N) is 2. The van der Waals surface area contributed by atoms with Crippen LogP contribution in [0.4, 0.5) is 5.69 Å². The molecule has 5 rings (SSSR count). The van der Waals surface area contributed by atoms with Crippen molar-refractivity contribution in [3.8, 4) is 0 Å². The molecule has 0 bridgehead atoms. The molecule has 2 unspecified atom stereocenters. The van der Waals surface area contributed by atoms with Gasteiger partial charge in [-0.1, -0.05) is 56.5 Å². The fraction of sp³-hybridized carbons (Fsp3) is 0.414. The van der Waals surface area contributed by atoms with E-state index in [0.29, 0.717) is 37.1 Å². The summed E-state index contributed by atoms with van der Waals surface area (Å²) >= 11 is 0. The lowest BCUT2D eigenvalue weighted by Crippen LogP contribution is -2.63. The van der Waals surface area contributed by atoms with Crippen LogP contribution in [0.3, 0.4) is 0 Å². The van der Waals surface area contributed by atoms with Crippen molar-refractivity contribution in [2.45, 2.75) is 61.9 Å². The molecule has 0 radical (unpaired) electrons. The van der Waals surface area contributed by atoms with Gasteiger partial charge in [-0.3, -0.25) is 18.6 Å². The SMILES string of the molecule is CCS(=O)c1ccccc1N1CCC(NC(=O)C2(NC(=O)c3cc4ccccc4o3)CCCCC2)C(=O)C1. The largest absolute Gasteiger partial charge is 0.451 e. The Morgan fingerprint density at radius 2 is 1.82 bits per heavy atom. The molecular weight excluding hydrogens is 502 g/mol. The lowest BCUT2D eigenvalue weighted by molar-refractivity contribution is -0.133. The van der Waals surface area contributed by atoms with Crippen LogP contribution in [0.15, 0.2) is 63.9 Å². The highest BCUT2D eigenvalue weighted by atomic mass is 32.2. The number of piperidine rings is 1. The number of anilines is 1. The lowest BCUT2D eigenvalue weighted by atomic mass is 9.80. The molecule has 9 heteroatoms. The van der Waals surface area contributed by atoms with Gasteiger partial charge in [-0.15, -0.1) is 0 Å². The summed E-state index contributed by atoms with van der Waals surface area (Å²) in [6.45, 7) is 2.54. The van der Waals surface area contributed by atoms with Crippen molar-refractivity contribution in [3.05, 3.63) is 60.4 Å². The minimum absolute atomic E-state index is 0.101. The highest BCUT2D eigenvalue weighted by molar-refractivity contribution is 7.85. The fourth-order valence-corrected chi connectivity index (χ4v) is 6.45. The zero-order valence-electron chi connectivity index (χ0n) is 21.5. The first-order valence-electron chi connectivity index (χ1n) is 13.3. The van der Waals surface area contributed by atoms with E-state index in [2.05, 4.69) is 10.6 Å². The summed E-state index contributed by atoms with van der Waals surface area (Å²) in [6.07, 6.45) is 4.07. The molecule has 2 aromatic carbocycles. The van der Waals surface area contributed by atoms with Crippen molar-refractivity contribution in [1.29, 1.82) is 0 Å². The van der Waals surface area contributed by atoms with Gasteiger partial charge >= 0.3 is 0 Å². The maximum atomic E-state index is 13.6. The number of hydrogen-bond acceptors (Lipinski definition) is 6. The van der Waals surface area contributed by atoms with E-state index in [9.17, 15) is 18.6 Å². The predicted molar refractivity (Wildman–Crippen MR) is 147 cm³/mol. The number of para-hydroxylation sites is 2. The summed E-state index contributed by atoms with van der Waals surface area (Å²) in [5.41, 5.74) is 0.324. The third-order valence-electron chi connectivity index (χ3n) is 7.59. The average molecular weight is 536 g/mol. The Labute approximate surface area is 224 Å². The Morgan fingerprint density at radius 1 is 1.08 bits per heavy atom. The standard InChI is InChI=1S/C29H33N3O5S/c1-2-38(36)26-13-7-5-11-22(26)32-17-14-21(23(33)19-32)30-28(35)29(15-8-3-9-16-29)31-27(34)25-18-20-10-4-6-12-24(20)37-25/h4-7,10-13,18,21H,2-3,8-9,14-17,19H2,1H3,(H,30,35)(H,31,34). The second-order valence-electron chi connectivity index (χ2n) is 10.0. The molecule has 1 aromatic heterocycles. The number of carbonyl (C=O) groups excluding carboxylic acids is 3. The number of rotatable bonds is 7. The first kappa shape index (κ1) is 26.2. The number of hydrogen-bond donors (Lipinski definition) is 2. The maximum absolute atomic E-state index is 13.6. The smallest absolute Gasteiger partial charge is 0.287 e. The molecule has 1 aliphatic carbocycles. The van der Waals surface area contributed by atoms with Gasteiger partial charge in [-0.25, -0.2) is 0 Å². The second kappa shape index (κ2) is 11.1. The van der Waals surface area contributed by atoms with Crippen LogP contribution in [0.2, 0.25) is 0 Å². The molecule has 2 aliphatic rings. The van der Waals surface area contributed by atoms with E-state index in [1.54, 1.807) is 12.1 Å². The molecule has 2 fully saturated rings. The van der Waals surface area contributed by atoms with Gasteiger partial charge in [0.25, 0.3) is 5.91 Å². The van der Waals surface area contributed by atoms with E-state index in [1.807, 2.05) is 54.3 Å². The van der Waals surface area contributed by atoms with Gasteiger partial charge in [-0.05, 0) is 43.5 Å². The summed E-state index contributed by atoms with van der Waals surface area (Å²) in [5, 5.41) is 6.76. The summed E-state index contributed by atoms with van der Waals surface area (Å²) in [7, 11) is -1.14. The normalized spacial score (nSPS) is 20.2. The third kappa shape index (κ3) is 5.25. The van der Waals surface area contributed by atoms with Crippen molar-refractivity contribution in [2.75, 3.05) is 23.7 Å². The number of ketones is 1. The van der Waals surface area contributed by atoms with Gasteiger partial charge < -0.3 is 20.0 Å². The molecule has 2 amide bonds. The van der Waals surface area contributed by atoms with Gasteiger partial charge in [0.1, 0.15) is 11.1 Å². The molecule has 2 atom stereocenters. The van der Waals surface area contributed by atoms with E-state index in [-0.39, 0.29) is 24.0 Å². The van der Waals surface area contributed by atoms with Crippen molar-refractivity contribution >= 4 is 45.1 Å². The van der Waals surface area contributed by atoms with Crippen molar-refractivity contribution in [2.24, 2.45) is 0 Å². The van der Waals surface area contributed by atoms with E-state index >= 15 is 0 Å². The zero-order valence-corrected chi connectivity index (χ0v) is 22.4. The topological polar surface area (TPSA) is 109 Å². The molecule has 1 saturated carbocycles. The van der Waals surface area contributed by atoms with Crippen molar-refractivity contribution in [1.82, 2.24) is 10.6 Å². The number of Topliss-reactive ketones (excluding diaryl/α,β-unsaturated/α-hetero) is 1. The molecular formula is C29H33N3O5S. The molecule has 3 aromatic rings. The van der Waals surface area contributed by atoms with E-state index in [4.69, 9.17) is 4.42 Å². The van der Waals surface area contributed by atoms with E-state index in [0.717, 1.165) is 35.2 Å². The van der Waals surface area contributed by atoms with Crippen LogP contribution < -0.4 is 15.5 Å². The van der Waals surface area contributed by atoms with Gasteiger partial charge in [0.15, 0.2) is 11.5 Å². The van der Waals surface area contributed by atoms with Crippen LogP contribution in [0.5, 0.6) is 0 Å². The first-order valence-corrected chi connectivity index (χ1v) is 14.6. The predicted octanol–water partition coefficient (Wildman–Crippen LogP) is 3.96. The van der Waals surface area contributed by atoms with Crippen LogP contribution in [0, 0.1) is 0 Å². The molecule has 2 heterocycles. The van der Waals surface area contributed by atoms with Crippen LogP contribution in [0.1, 0.15) is 56.0 Å². The minimum atomic E-state index is -1.14. The average Bonchev–Trinajstić information content (AvgIpc) is 3.39. The van der Waals surface area contributed by atoms with Crippen LogP contribution in [-0.2, 0) is 20.4 Å². The highest BCUT2D eigenvalue weighted by Gasteiger charge is 2.43. The summed E-state index contributed by atoms with van der Waals surface area (Å²) in [5.74, 6) is -0.187. The van der Waals surface area contributed by atoms with Crippen LogP contribution in [-0.4, -0.2) is 52.2 Å². The number of nitrogens with zero attached hydrogens (tertiary/aromatic N) is 1. The van der Waals surface area contributed by atoms with Crippen LogP contribution >= 0.6 is 0 Å². The second-order valence-corrected chi connectivity index (χ2v) is 11.8. The minimum Gasteiger partial charge on any atom is -0.451 e. The maximum Gasteiger partial charge on any atom is 0.287 e. The van der Waals surface area contributed by atoms with Gasteiger partial charge in [-0.2, -0.15) is 0 Å². The first-order chi connectivity index (χ1) is 18.4. The number of amides is 2. The van der Waals surface area contributed by atoms with Gasteiger partial charge in [0, 0.05) is 17.7 Å². The molecule has 38 heavy (non-hydrogen) atoms. The Morgan fingerprint density at radius 3 is 2.55 bits per heavy atom. The zero-order chi connectivity index (χ0) is 26.7. The number of benzene rings is 2. The summed E-state index contributed by atoms with van der Waals surface area (Å²) in [4.78, 5) is 42.6. The molecule has 200 valence electrons. The van der Waals surface area contributed by atoms with E-state index in [1.165, 1.54) is 0 Å². The Kier molecular flexibility index (Phi) is 7.65. The summed E-state index contributed by atoms with van der Waals surface area (Å²) in [6, 6.07) is 15.9. The van der Waals surface area contributed by atoms with E-state index < -0.39 is 28.3 Å². The highest BCUT2D eigenvalue weighted by Crippen LogP contribution is 2.31. The van der Waals surface area contributed by atoms with Crippen molar-refractivity contribution in [3.63, 3.8) is 0 Å². The number of fused-ring (bicyclic) bond motifs is 1. The Hall–Kier alpha value is -3.46. The monoisotopic (exact) mass is 535 g/mol. The Balaban J connectivity index is 1.28. The summed E-state index contributed by atoms with van der Waals surface area (Å²) < 4.78 is 18.2. The molecule has 2 N–H and O–H groups in total. The fourth-order valence-electron chi connectivity index (χ4n) is 5.48. The Bertz CT molecular complexity index is 1340. The third-order valence-corrected chi connectivity index (χ3v) is 8.95. The quantitative estimate of drug-likeness (QED) is 0.474.